The molecule has 2 aromatic carbocycles. The van der Waals surface area contributed by atoms with E-state index in [9.17, 15) is 13.2 Å². The maximum Gasteiger partial charge on any atom is 0.264 e. The first-order chi connectivity index (χ1) is 11.9. The average molecular weight is 379 g/mol. The van der Waals surface area contributed by atoms with E-state index in [1.807, 2.05) is 6.07 Å². The van der Waals surface area contributed by atoms with Crippen LogP contribution in [0, 0.1) is 0 Å². The van der Waals surface area contributed by atoms with Crippen LogP contribution < -0.4 is 9.62 Å². The molecule has 0 aliphatic carbocycles. The van der Waals surface area contributed by atoms with E-state index >= 15 is 0 Å². The van der Waals surface area contributed by atoms with Crippen molar-refractivity contribution < 1.29 is 13.2 Å². The van der Waals surface area contributed by atoms with E-state index in [0.717, 1.165) is 0 Å². The zero-order valence-electron chi connectivity index (χ0n) is 13.8. The summed E-state index contributed by atoms with van der Waals surface area (Å²) >= 11 is 6.06. The summed E-state index contributed by atoms with van der Waals surface area (Å²) in [6, 6.07) is 12.9. The Morgan fingerprint density at radius 2 is 1.92 bits per heavy atom. The summed E-state index contributed by atoms with van der Waals surface area (Å²) in [6.45, 7) is 5.79. The second kappa shape index (κ2) is 8.18. The smallest absolute Gasteiger partial charge is 0.264 e. The van der Waals surface area contributed by atoms with Crippen LogP contribution >= 0.6 is 11.6 Å². The minimum absolute atomic E-state index is 0.00589. The Kier molecular flexibility index (Phi) is 6.22. The van der Waals surface area contributed by atoms with Crippen molar-refractivity contribution in [3.63, 3.8) is 0 Å². The molecule has 132 valence electrons. The SMILES string of the molecule is C=CCNC(=O)c1cc(S(=O)(=O)N(CC)c2ccccc2)ccc1Cl. The molecule has 0 saturated heterocycles. The molecule has 0 unspecified atom stereocenters. The average Bonchev–Trinajstić information content (AvgIpc) is 2.61. The van der Waals surface area contributed by atoms with Crippen LogP contribution in [0.15, 0.2) is 66.1 Å². The Hall–Kier alpha value is -2.31. The summed E-state index contributed by atoms with van der Waals surface area (Å²) in [4.78, 5) is 12.2. The number of amides is 1. The Bertz CT molecular complexity index is 867. The third kappa shape index (κ3) is 4.21. The van der Waals surface area contributed by atoms with Gasteiger partial charge in [0.05, 0.1) is 21.2 Å². The fourth-order valence-corrected chi connectivity index (χ4v) is 4.02. The number of para-hydroxylation sites is 1. The Morgan fingerprint density at radius 1 is 1.24 bits per heavy atom. The molecule has 0 aliphatic heterocycles. The topological polar surface area (TPSA) is 66.5 Å². The summed E-state index contributed by atoms with van der Waals surface area (Å²) in [6.07, 6.45) is 1.53. The highest BCUT2D eigenvalue weighted by atomic mass is 35.5. The summed E-state index contributed by atoms with van der Waals surface area (Å²) in [5, 5.41) is 2.78. The molecule has 7 heteroatoms. The Labute approximate surface area is 153 Å². The maximum absolute atomic E-state index is 13.0. The van der Waals surface area contributed by atoms with Gasteiger partial charge in [-0.2, -0.15) is 0 Å². The van der Waals surface area contributed by atoms with E-state index in [-0.39, 0.29) is 28.6 Å². The van der Waals surface area contributed by atoms with Crippen molar-refractivity contribution in [3.8, 4) is 0 Å². The number of anilines is 1. The van der Waals surface area contributed by atoms with Gasteiger partial charge in [0, 0.05) is 13.1 Å². The van der Waals surface area contributed by atoms with Gasteiger partial charge in [-0.3, -0.25) is 9.10 Å². The number of benzene rings is 2. The number of nitrogens with one attached hydrogen (secondary N) is 1. The van der Waals surface area contributed by atoms with Crippen LogP contribution in [-0.4, -0.2) is 27.4 Å². The van der Waals surface area contributed by atoms with E-state index in [1.54, 1.807) is 31.2 Å². The van der Waals surface area contributed by atoms with Gasteiger partial charge < -0.3 is 5.32 Å². The van der Waals surface area contributed by atoms with Crippen molar-refractivity contribution in [3.05, 3.63) is 71.8 Å². The summed E-state index contributed by atoms with van der Waals surface area (Å²) < 4.78 is 27.3. The van der Waals surface area contributed by atoms with E-state index in [1.165, 1.54) is 28.6 Å². The normalized spacial score (nSPS) is 11.0. The van der Waals surface area contributed by atoms with Crippen molar-refractivity contribution in [1.82, 2.24) is 5.32 Å². The fourth-order valence-electron chi connectivity index (χ4n) is 2.31. The predicted octanol–water partition coefficient (Wildman–Crippen LogP) is 3.47. The fraction of sp³-hybridized carbons (Fsp3) is 0.167. The van der Waals surface area contributed by atoms with Gasteiger partial charge in [-0.15, -0.1) is 6.58 Å². The van der Waals surface area contributed by atoms with Gasteiger partial charge in [0.2, 0.25) is 0 Å². The Balaban J connectivity index is 2.45. The van der Waals surface area contributed by atoms with Gasteiger partial charge in [-0.25, -0.2) is 8.42 Å². The van der Waals surface area contributed by atoms with Crippen LogP contribution in [0.5, 0.6) is 0 Å². The molecular weight excluding hydrogens is 360 g/mol. The largest absolute Gasteiger partial charge is 0.349 e. The van der Waals surface area contributed by atoms with E-state index in [2.05, 4.69) is 11.9 Å². The standard InChI is InChI=1S/C18H19ClN2O3S/c1-3-12-20-18(22)16-13-15(10-11-17(16)19)25(23,24)21(4-2)14-8-6-5-7-9-14/h3,5-11,13H,1,4,12H2,2H3,(H,20,22). The third-order valence-electron chi connectivity index (χ3n) is 3.51. The number of sulfonamides is 1. The van der Waals surface area contributed by atoms with Crippen molar-refractivity contribution in [2.24, 2.45) is 0 Å². The molecule has 0 atom stereocenters. The molecule has 2 rings (SSSR count). The number of hydrogen-bond acceptors (Lipinski definition) is 3. The first kappa shape index (κ1) is 19.0. The van der Waals surface area contributed by atoms with Crippen molar-refractivity contribution >= 4 is 33.2 Å². The zero-order chi connectivity index (χ0) is 18.4. The minimum Gasteiger partial charge on any atom is -0.349 e. The number of rotatable bonds is 7. The lowest BCUT2D eigenvalue weighted by Gasteiger charge is -2.23. The molecular formula is C18H19ClN2O3S. The van der Waals surface area contributed by atoms with E-state index < -0.39 is 15.9 Å². The Morgan fingerprint density at radius 3 is 2.52 bits per heavy atom. The summed E-state index contributed by atoms with van der Waals surface area (Å²) in [5.41, 5.74) is 0.659. The molecule has 25 heavy (non-hydrogen) atoms. The molecule has 2 aromatic rings. The first-order valence-corrected chi connectivity index (χ1v) is 9.50. The number of halogens is 1. The minimum atomic E-state index is -3.82. The molecule has 1 amide bonds. The van der Waals surface area contributed by atoms with Crippen LogP contribution in [0.25, 0.3) is 0 Å². The highest BCUT2D eigenvalue weighted by molar-refractivity contribution is 7.92. The molecule has 0 radical (unpaired) electrons. The van der Waals surface area contributed by atoms with Crippen LogP contribution in [0.1, 0.15) is 17.3 Å². The van der Waals surface area contributed by atoms with Gasteiger partial charge in [-0.05, 0) is 37.3 Å². The second-order valence-corrected chi connectivity index (χ2v) is 7.42. The monoisotopic (exact) mass is 378 g/mol. The number of nitrogens with zero attached hydrogens (tertiary/aromatic N) is 1. The lowest BCUT2D eigenvalue weighted by molar-refractivity contribution is 0.0958. The second-order valence-electron chi connectivity index (χ2n) is 5.15. The number of carbonyl (C=O) groups excluding carboxylic acids is 1. The number of hydrogen-bond donors (Lipinski definition) is 1. The summed E-state index contributed by atoms with van der Waals surface area (Å²) in [7, 11) is -3.82. The molecule has 0 heterocycles. The highest BCUT2D eigenvalue weighted by Gasteiger charge is 2.25. The van der Waals surface area contributed by atoms with Crippen LogP contribution in [0.2, 0.25) is 5.02 Å². The van der Waals surface area contributed by atoms with Gasteiger partial charge in [-0.1, -0.05) is 35.9 Å². The lowest BCUT2D eigenvalue weighted by atomic mass is 10.2. The van der Waals surface area contributed by atoms with Crippen LogP contribution in [0.4, 0.5) is 5.69 Å². The zero-order valence-corrected chi connectivity index (χ0v) is 15.3. The van der Waals surface area contributed by atoms with Gasteiger partial charge in [0.25, 0.3) is 15.9 Å². The molecule has 0 spiro atoms. The molecule has 0 bridgehead atoms. The molecule has 5 nitrogen and oxygen atoms in total. The third-order valence-corrected chi connectivity index (χ3v) is 5.74. The van der Waals surface area contributed by atoms with Crippen LogP contribution in [0.3, 0.4) is 0 Å². The van der Waals surface area contributed by atoms with Gasteiger partial charge >= 0.3 is 0 Å². The molecule has 0 aromatic heterocycles. The lowest BCUT2D eigenvalue weighted by Crippen LogP contribution is -2.31. The molecule has 0 fully saturated rings. The van der Waals surface area contributed by atoms with Crippen molar-refractivity contribution in [2.45, 2.75) is 11.8 Å². The predicted molar refractivity (Wildman–Crippen MR) is 101 cm³/mol. The maximum atomic E-state index is 13.0. The quantitative estimate of drug-likeness (QED) is 0.750. The molecule has 0 saturated carbocycles. The molecule has 0 aliphatic rings. The summed E-state index contributed by atoms with van der Waals surface area (Å²) in [5.74, 6) is -0.454. The first-order valence-electron chi connectivity index (χ1n) is 7.68. The highest BCUT2D eigenvalue weighted by Crippen LogP contribution is 2.26. The van der Waals surface area contributed by atoms with Crippen molar-refractivity contribution in [1.29, 1.82) is 0 Å². The van der Waals surface area contributed by atoms with Gasteiger partial charge in [0.15, 0.2) is 0 Å². The van der Waals surface area contributed by atoms with E-state index in [0.29, 0.717) is 5.69 Å². The van der Waals surface area contributed by atoms with E-state index in [4.69, 9.17) is 11.6 Å². The van der Waals surface area contributed by atoms with Crippen LogP contribution in [-0.2, 0) is 10.0 Å². The number of carbonyl (C=O) groups is 1. The molecule has 1 N–H and O–H groups in total. The van der Waals surface area contributed by atoms with Crippen molar-refractivity contribution in [2.75, 3.05) is 17.4 Å². The van der Waals surface area contributed by atoms with Gasteiger partial charge in [0.1, 0.15) is 0 Å².